The Labute approximate surface area is 117 Å². The van der Waals surface area contributed by atoms with Gasteiger partial charge < -0.3 is 15.2 Å². The molecule has 0 amide bonds. The molecule has 0 saturated carbocycles. The summed E-state index contributed by atoms with van der Waals surface area (Å²) in [7, 11) is 0. The first-order chi connectivity index (χ1) is 9.25. The first-order valence-electron chi connectivity index (χ1n) is 6.23. The molecule has 0 saturated heterocycles. The fraction of sp³-hybridized carbons (Fsp3) is 0.357. The van der Waals surface area contributed by atoms with Gasteiger partial charge in [-0.15, -0.1) is 11.3 Å². The van der Waals surface area contributed by atoms with E-state index in [4.69, 9.17) is 4.74 Å². The van der Waals surface area contributed by atoms with Crippen molar-refractivity contribution < 1.29 is 9.84 Å². The van der Waals surface area contributed by atoms with Crippen LogP contribution in [0, 0.1) is 0 Å². The average molecular weight is 278 g/mol. The lowest BCUT2D eigenvalue weighted by molar-refractivity contribution is 0.167. The molecule has 2 atom stereocenters. The van der Waals surface area contributed by atoms with Crippen molar-refractivity contribution in [1.29, 1.82) is 0 Å². The minimum absolute atomic E-state index is 0.162. The van der Waals surface area contributed by atoms with Crippen LogP contribution in [0.1, 0.15) is 17.9 Å². The van der Waals surface area contributed by atoms with E-state index < -0.39 is 6.10 Å². The molecule has 2 aromatic rings. The maximum absolute atomic E-state index is 9.94. The van der Waals surface area contributed by atoms with Crippen molar-refractivity contribution in [2.24, 2.45) is 0 Å². The van der Waals surface area contributed by atoms with Crippen molar-refractivity contribution in [3.8, 4) is 5.75 Å². The molecule has 2 unspecified atom stereocenters. The zero-order valence-electron chi connectivity index (χ0n) is 10.8. The normalized spacial score (nSPS) is 14.0. The minimum atomic E-state index is -0.458. The molecule has 2 rings (SSSR count). The van der Waals surface area contributed by atoms with Crippen LogP contribution in [0.25, 0.3) is 0 Å². The van der Waals surface area contributed by atoms with Crippen molar-refractivity contribution in [1.82, 2.24) is 10.3 Å². The molecule has 0 aliphatic carbocycles. The molecule has 102 valence electrons. The van der Waals surface area contributed by atoms with Gasteiger partial charge in [0.25, 0.3) is 0 Å². The van der Waals surface area contributed by atoms with E-state index in [1.54, 1.807) is 23.7 Å². The van der Waals surface area contributed by atoms with Crippen molar-refractivity contribution in [3.05, 3.63) is 46.9 Å². The van der Waals surface area contributed by atoms with Crippen molar-refractivity contribution in [2.75, 3.05) is 13.2 Å². The number of thiophene rings is 1. The monoisotopic (exact) mass is 278 g/mol. The molecule has 0 aliphatic heterocycles. The van der Waals surface area contributed by atoms with E-state index in [0.717, 1.165) is 10.6 Å². The number of nitrogens with zero attached hydrogens (tertiary/aromatic N) is 1. The summed E-state index contributed by atoms with van der Waals surface area (Å²) < 4.78 is 5.59. The van der Waals surface area contributed by atoms with Gasteiger partial charge in [0.1, 0.15) is 18.5 Å². The van der Waals surface area contributed by atoms with Gasteiger partial charge >= 0.3 is 0 Å². The summed E-state index contributed by atoms with van der Waals surface area (Å²) >= 11 is 1.56. The second-order valence-corrected chi connectivity index (χ2v) is 5.32. The van der Waals surface area contributed by atoms with Crippen LogP contribution in [0.3, 0.4) is 0 Å². The molecule has 0 bridgehead atoms. The van der Waals surface area contributed by atoms with Gasteiger partial charge in [0.05, 0.1) is 6.20 Å². The Morgan fingerprint density at radius 3 is 3.00 bits per heavy atom. The Hall–Kier alpha value is -1.43. The number of rotatable bonds is 7. The van der Waals surface area contributed by atoms with Crippen molar-refractivity contribution >= 4 is 11.3 Å². The van der Waals surface area contributed by atoms with Crippen LogP contribution >= 0.6 is 11.3 Å². The Morgan fingerprint density at radius 2 is 2.32 bits per heavy atom. The molecule has 0 radical (unpaired) electrons. The first kappa shape index (κ1) is 14.0. The number of nitrogens with one attached hydrogen (secondary N) is 1. The van der Waals surface area contributed by atoms with Crippen LogP contribution in [0.15, 0.2) is 42.0 Å². The van der Waals surface area contributed by atoms with Crippen LogP contribution < -0.4 is 10.1 Å². The molecule has 19 heavy (non-hydrogen) atoms. The van der Waals surface area contributed by atoms with E-state index >= 15 is 0 Å². The smallest absolute Gasteiger partial charge is 0.137 e. The van der Waals surface area contributed by atoms with Gasteiger partial charge in [-0.2, -0.15) is 0 Å². The molecule has 2 N–H and O–H groups in total. The number of aliphatic hydroxyl groups excluding tert-OH is 1. The third kappa shape index (κ3) is 4.63. The molecule has 0 aromatic carbocycles. The van der Waals surface area contributed by atoms with E-state index in [0.29, 0.717) is 13.2 Å². The van der Waals surface area contributed by atoms with E-state index in [2.05, 4.69) is 10.3 Å². The molecule has 2 aromatic heterocycles. The summed E-state index contributed by atoms with van der Waals surface area (Å²) in [6.07, 6.45) is 2.94. The van der Waals surface area contributed by atoms with Crippen LogP contribution in [0.2, 0.25) is 0 Å². The Morgan fingerprint density at radius 1 is 1.42 bits per heavy atom. The first-order valence-corrected chi connectivity index (χ1v) is 7.11. The third-order valence-corrected chi connectivity index (χ3v) is 3.64. The van der Waals surface area contributed by atoms with Gasteiger partial charge in [-0.1, -0.05) is 6.07 Å². The Kier molecular flexibility index (Phi) is 5.32. The van der Waals surface area contributed by atoms with Crippen molar-refractivity contribution in [3.63, 3.8) is 0 Å². The lowest BCUT2D eigenvalue weighted by Crippen LogP contribution is -2.34. The highest BCUT2D eigenvalue weighted by atomic mass is 32.1. The third-order valence-electron chi connectivity index (χ3n) is 2.67. The number of aliphatic hydroxyl groups is 1. The van der Waals surface area contributed by atoms with E-state index in [9.17, 15) is 5.11 Å². The fourth-order valence-corrected chi connectivity index (χ4v) is 2.32. The summed E-state index contributed by atoms with van der Waals surface area (Å²) in [5.74, 6) is 0.759. The molecule has 2 heterocycles. The summed E-state index contributed by atoms with van der Waals surface area (Å²) in [6, 6.07) is 7.76. The van der Waals surface area contributed by atoms with Crippen LogP contribution in [-0.2, 0) is 0 Å². The van der Waals surface area contributed by atoms with Gasteiger partial charge in [-0.3, -0.25) is 4.98 Å². The van der Waals surface area contributed by atoms with E-state index in [1.807, 2.05) is 36.6 Å². The zero-order valence-corrected chi connectivity index (χ0v) is 11.6. The number of hydrogen-bond donors (Lipinski definition) is 2. The highest BCUT2D eigenvalue weighted by Gasteiger charge is 2.10. The lowest BCUT2D eigenvalue weighted by atomic mass is 10.2. The molecular formula is C14H18N2O2S. The quantitative estimate of drug-likeness (QED) is 0.815. The van der Waals surface area contributed by atoms with Crippen LogP contribution in [-0.4, -0.2) is 29.3 Å². The second kappa shape index (κ2) is 7.23. The molecule has 4 nitrogen and oxygen atoms in total. The number of ether oxygens (including phenoxy) is 1. The van der Waals surface area contributed by atoms with Gasteiger partial charge in [0.15, 0.2) is 0 Å². The largest absolute Gasteiger partial charge is 0.490 e. The van der Waals surface area contributed by atoms with Gasteiger partial charge in [0.2, 0.25) is 0 Å². The van der Waals surface area contributed by atoms with Gasteiger partial charge in [0, 0.05) is 23.7 Å². The minimum Gasteiger partial charge on any atom is -0.490 e. The summed E-state index contributed by atoms with van der Waals surface area (Å²) in [6.45, 7) is 3.10. The summed E-state index contributed by atoms with van der Waals surface area (Å²) in [5.41, 5.74) is 0. The number of pyridine rings is 1. The standard InChI is InChI=1S/C14H18N2O2S/c1-11(10-18-12-4-2-6-15-8-12)16-9-13(17)14-5-3-7-19-14/h2-8,11,13,16-17H,9-10H2,1H3. The van der Waals surface area contributed by atoms with Gasteiger partial charge in [-0.25, -0.2) is 0 Å². The topological polar surface area (TPSA) is 54.4 Å². The highest BCUT2D eigenvalue weighted by Crippen LogP contribution is 2.17. The number of aromatic nitrogens is 1. The molecular weight excluding hydrogens is 260 g/mol. The Balaban J connectivity index is 1.69. The maximum atomic E-state index is 9.94. The molecule has 0 aliphatic rings. The fourth-order valence-electron chi connectivity index (χ4n) is 1.61. The van der Waals surface area contributed by atoms with E-state index in [-0.39, 0.29) is 6.04 Å². The zero-order chi connectivity index (χ0) is 13.5. The SMILES string of the molecule is CC(COc1cccnc1)NCC(O)c1cccs1. The van der Waals surface area contributed by atoms with Gasteiger partial charge in [-0.05, 0) is 30.5 Å². The Bertz CT molecular complexity index is 462. The predicted molar refractivity (Wildman–Crippen MR) is 76.5 cm³/mol. The van der Waals surface area contributed by atoms with Crippen molar-refractivity contribution in [2.45, 2.75) is 19.1 Å². The average Bonchev–Trinajstić information content (AvgIpc) is 2.98. The lowest BCUT2D eigenvalue weighted by Gasteiger charge is -2.17. The molecule has 0 spiro atoms. The molecule has 0 fully saturated rings. The maximum Gasteiger partial charge on any atom is 0.137 e. The van der Waals surface area contributed by atoms with Crippen LogP contribution in [0.5, 0.6) is 5.75 Å². The highest BCUT2D eigenvalue weighted by molar-refractivity contribution is 7.10. The van der Waals surface area contributed by atoms with E-state index in [1.165, 1.54) is 0 Å². The summed E-state index contributed by atoms with van der Waals surface area (Å²) in [4.78, 5) is 4.97. The second-order valence-electron chi connectivity index (χ2n) is 4.34. The number of hydrogen-bond acceptors (Lipinski definition) is 5. The van der Waals surface area contributed by atoms with Crippen LogP contribution in [0.4, 0.5) is 0 Å². The molecule has 5 heteroatoms. The summed E-state index contributed by atoms with van der Waals surface area (Å²) in [5, 5.41) is 15.2. The predicted octanol–water partition coefficient (Wildman–Crippen LogP) is 2.23.